The second-order valence-corrected chi connectivity index (χ2v) is 11.0. The summed E-state index contributed by atoms with van der Waals surface area (Å²) in [6, 6.07) is 15.1. The molecule has 1 N–H and O–H groups in total. The number of hydrogen-bond acceptors (Lipinski definition) is 4. The van der Waals surface area contributed by atoms with Gasteiger partial charge in [0.2, 0.25) is 21.8 Å². The van der Waals surface area contributed by atoms with Crippen LogP contribution in [0.5, 0.6) is 0 Å². The van der Waals surface area contributed by atoms with Crippen LogP contribution in [0.25, 0.3) is 0 Å². The summed E-state index contributed by atoms with van der Waals surface area (Å²) in [5.74, 6) is -0.382. The van der Waals surface area contributed by atoms with Crippen LogP contribution in [0.15, 0.2) is 54.6 Å². The molecule has 0 unspecified atom stereocenters. The van der Waals surface area contributed by atoms with E-state index in [0.29, 0.717) is 23.0 Å². The van der Waals surface area contributed by atoms with Crippen molar-refractivity contribution in [3.63, 3.8) is 0 Å². The summed E-state index contributed by atoms with van der Waals surface area (Å²) in [6.07, 6.45) is 1.84. The molecular weight excluding hydrogens is 462 g/mol. The summed E-state index contributed by atoms with van der Waals surface area (Å²) < 4.78 is 24.8. The minimum absolute atomic E-state index is 0.116. The van der Waals surface area contributed by atoms with Gasteiger partial charge in [0, 0.05) is 25.2 Å². The van der Waals surface area contributed by atoms with Gasteiger partial charge in [-0.05, 0) is 35.6 Å². The normalized spacial score (nSPS) is 12.6. The molecule has 1 atom stereocenters. The topological polar surface area (TPSA) is 86.8 Å². The molecule has 0 saturated carbocycles. The van der Waals surface area contributed by atoms with Crippen molar-refractivity contribution in [2.45, 2.75) is 32.9 Å². The first-order valence-electron chi connectivity index (χ1n) is 10.8. The van der Waals surface area contributed by atoms with Crippen molar-refractivity contribution in [2.75, 3.05) is 26.4 Å². The van der Waals surface area contributed by atoms with E-state index in [0.717, 1.165) is 22.5 Å². The van der Waals surface area contributed by atoms with Gasteiger partial charge in [-0.25, -0.2) is 8.42 Å². The van der Waals surface area contributed by atoms with E-state index in [1.165, 1.54) is 11.9 Å². The lowest BCUT2D eigenvalue weighted by molar-refractivity contribution is -0.141. The molecule has 2 aromatic carbocycles. The number of nitrogens with one attached hydrogen (secondary N) is 1. The van der Waals surface area contributed by atoms with Crippen LogP contribution in [0, 0.1) is 5.92 Å². The molecule has 0 saturated heterocycles. The van der Waals surface area contributed by atoms with Crippen molar-refractivity contribution in [1.29, 1.82) is 0 Å². The summed E-state index contributed by atoms with van der Waals surface area (Å²) in [5, 5.41) is 3.50. The van der Waals surface area contributed by atoms with E-state index in [2.05, 4.69) is 19.2 Å². The molecule has 0 aliphatic rings. The average Bonchev–Trinajstić information content (AvgIpc) is 2.74. The lowest BCUT2D eigenvalue weighted by atomic mass is 10.0. The number of rotatable bonds is 11. The van der Waals surface area contributed by atoms with Gasteiger partial charge in [-0.3, -0.25) is 9.59 Å². The standard InChI is InChI=1S/C24H32ClN3O4S/c1-18(2)14-15-26-24(30)23(20-8-6-5-7-9-20)28(16-19-10-12-21(25)13-11-19)22(29)17-27(3)33(4,31)32/h5-13,18,23H,14-17H2,1-4H3,(H,26,30)/t23-/m1/s1. The zero-order chi connectivity index (χ0) is 24.6. The average molecular weight is 494 g/mol. The molecular formula is C24H32ClN3O4S. The lowest BCUT2D eigenvalue weighted by Gasteiger charge is -2.32. The maximum atomic E-state index is 13.4. The van der Waals surface area contributed by atoms with E-state index in [1.807, 2.05) is 6.07 Å². The summed E-state index contributed by atoms with van der Waals surface area (Å²) in [6.45, 7) is 4.35. The number of benzene rings is 2. The van der Waals surface area contributed by atoms with E-state index < -0.39 is 22.0 Å². The summed E-state index contributed by atoms with van der Waals surface area (Å²) in [7, 11) is -2.24. The highest BCUT2D eigenvalue weighted by atomic mass is 35.5. The Kier molecular flexibility index (Phi) is 9.88. The Labute approximate surface area is 201 Å². The van der Waals surface area contributed by atoms with E-state index in [9.17, 15) is 18.0 Å². The first-order chi connectivity index (χ1) is 15.5. The summed E-state index contributed by atoms with van der Waals surface area (Å²) in [5.41, 5.74) is 1.41. The molecule has 0 spiro atoms. The van der Waals surface area contributed by atoms with Gasteiger partial charge in [-0.1, -0.05) is 67.9 Å². The Morgan fingerprint density at radius 1 is 1.03 bits per heavy atom. The van der Waals surface area contributed by atoms with Gasteiger partial charge >= 0.3 is 0 Å². The third-order valence-electron chi connectivity index (χ3n) is 5.21. The fraction of sp³-hybridized carbons (Fsp3) is 0.417. The highest BCUT2D eigenvalue weighted by Gasteiger charge is 2.32. The highest BCUT2D eigenvalue weighted by Crippen LogP contribution is 2.25. The Morgan fingerprint density at radius 2 is 1.64 bits per heavy atom. The quantitative estimate of drug-likeness (QED) is 0.519. The smallest absolute Gasteiger partial charge is 0.247 e. The van der Waals surface area contributed by atoms with Crippen LogP contribution in [0.3, 0.4) is 0 Å². The molecule has 2 amide bonds. The monoisotopic (exact) mass is 493 g/mol. The molecule has 0 fully saturated rings. The first-order valence-corrected chi connectivity index (χ1v) is 13.0. The van der Waals surface area contributed by atoms with Gasteiger partial charge < -0.3 is 10.2 Å². The molecule has 0 bridgehead atoms. The van der Waals surface area contributed by atoms with Crippen LogP contribution in [0.1, 0.15) is 37.4 Å². The first kappa shape index (κ1) is 26.8. The van der Waals surface area contributed by atoms with Crippen LogP contribution >= 0.6 is 11.6 Å². The summed E-state index contributed by atoms with van der Waals surface area (Å²) in [4.78, 5) is 28.1. The number of sulfonamides is 1. The van der Waals surface area contributed by atoms with E-state index in [4.69, 9.17) is 11.6 Å². The van der Waals surface area contributed by atoms with Crippen molar-refractivity contribution >= 4 is 33.4 Å². The van der Waals surface area contributed by atoms with Gasteiger partial charge in [-0.15, -0.1) is 0 Å². The van der Waals surface area contributed by atoms with Gasteiger partial charge in [-0.2, -0.15) is 4.31 Å². The molecule has 0 heterocycles. The Bertz CT molecular complexity index is 1030. The molecule has 33 heavy (non-hydrogen) atoms. The molecule has 0 aromatic heterocycles. The fourth-order valence-electron chi connectivity index (χ4n) is 3.20. The van der Waals surface area contributed by atoms with Crippen molar-refractivity contribution < 1.29 is 18.0 Å². The Balaban J connectivity index is 2.44. The molecule has 9 heteroatoms. The number of carbonyl (C=O) groups excluding carboxylic acids is 2. The largest absolute Gasteiger partial charge is 0.354 e. The predicted octanol–water partition coefficient (Wildman–Crippen LogP) is 3.46. The van der Waals surface area contributed by atoms with Crippen LogP contribution in [0.4, 0.5) is 0 Å². The second kappa shape index (κ2) is 12.2. The SMILES string of the molecule is CC(C)CCNC(=O)[C@@H](c1ccccc1)N(Cc1ccc(Cl)cc1)C(=O)CN(C)S(C)(=O)=O. The van der Waals surface area contributed by atoms with E-state index in [1.54, 1.807) is 48.5 Å². The van der Waals surface area contributed by atoms with Crippen molar-refractivity contribution in [3.05, 3.63) is 70.7 Å². The van der Waals surface area contributed by atoms with Crippen molar-refractivity contribution in [1.82, 2.24) is 14.5 Å². The molecule has 0 aliphatic heterocycles. The van der Waals surface area contributed by atoms with E-state index in [-0.39, 0.29) is 19.0 Å². The molecule has 180 valence electrons. The zero-order valence-electron chi connectivity index (χ0n) is 19.5. The maximum Gasteiger partial charge on any atom is 0.247 e. The van der Waals surface area contributed by atoms with Crippen LogP contribution in [-0.2, 0) is 26.2 Å². The summed E-state index contributed by atoms with van der Waals surface area (Å²) >= 11 is 6.00. The minimum Gasteiger partial charge on any atom is -0.354 e. The second-order valence-electron chi connectivity index (χ2n) is 8.45. The van der Waals surface area contributed by atoms with Gasteiger partial charge in [0.05, 0.1) is 12.8 Å². The number of halogens is 1. The maximum absolute atomic E-state index is 13.4. The Morgan fingerprint density at radius 3 is 2.18 bits per heavy atom. The molecule has 2 rings (SSSR count). The number of nitrogens with zero attached hydrogens (tertiary/aromatic N) is 2. The van der Waals surface area contributed by atoms with Gasteiger partial charge in [0.25, 0.3) is 0 Å². The van der Waals surface area contributed by atoms with Gasteiger partial charge in [0.15, 0.2) is 0 Å². The number of likely N-dealkylation sites (N-methyl/N-ethyl adjacent to an activating group) is 1. The highest BCUT2D eigenvalue weighted by molar-refractivity contribution is 7.88. The van der Waals surface area contributed by atoms with Crippen LogP contribution < -0.4 is 5.32 Å². The predicted molar refractivity (Wildman–Crippen MR) is 131 cm³/mol. The zero-order valence-corrected chi connectivity index (χ0v) is 21.1. The number of hydrogen-bond donors (Lipinski definition) is 1. The minimum atomic E-state index is -3.58. The van der Waals surface area contributed by atoms with Crippen LogP contribution in [0.2, 0.25) is 5.02 Å². The van der Waals surface area contributed by atoms with E-state index >= 15 is 0 Å². The third-order valence-corrected chi connectivity index (χ3v) is 6.72. The van der Waals surface area contributed by atoms with Crippen molar-refractivity contribution in [2.24, 2.45) is 5.92 Å². The third kappa shape index (κ3) is 8.46. The van der Waals surface area contributed by atoms with Crippen molar-refractivity contribution in [3.8, 4) is 0 Å². The number of amides is 2. The molecule has 0 radical (unpaired) electrons. The van der Waals surface area contributed by atoms with Crippen LogP contribution in [-0.4, -0.2) is 55.8 Å². The molecule has 7 nitrogen and oxygen atoms in total. The molecule has 0 aliphatic carbocycles. The lowest BCUT2D eigenvalue weighted by Crippen LogP contribution is -2.47. The Hall–Kier alpha value is -2.42. The number of carbonyl (C=O) groups is 2. The fourth-order valence-corrected chi connectivity index (χ4v) is 3.67. The molecule has 2 aromatic rings. The van der Waals surface area contributed by atoms with Gasteiger partial charge in [0.1, 0.15) is 6.04 Å².